The fourth-order valence-electron chi connectivity index (χ4n) is 2.03. The van der Waals surface area contributed by atoms with E-state index in [9.17, 15) is 9.59 Å². The Morgan fingerprint density at radius 2 is 2.14 bits per heavy atom. The summed E-state index contributed by atoms with van der Waals surface area (Å²) >= 11 is 0. The second kappa shape index (κ2) is 5.23. The number of rotatable bonds is 4. The molecular weight excluding hydrogens is 276 g/mol. The molecule has 21 heavy (non-hydrogen) atoms. The number of benzene rings is 1. The molecule has 0 saturated heterocycles. The largest absolute Gasteiger partial charge is 0.464 e. The third-order valence-corrected chi connectivity index (χ3v) is 3.06. The van der Waals surface area contributed by atoms with Gasteiger partial charge in [0.05, 0.1) is 25.4 Å². The van der Waals surface area contributed by atoms with Crippen molar-refractivity contribution in [3.05, 3.63) is 46.7 Å². The quantitative estimate of drug-likeness (QED) is 0.655. The van der Waals surface area contributed by atoms with Crippen LogP contribution in [-0.2, 0) is 17.8 Å². The summed E-state index contributed by atoms with van der Waals surface area (Å²) in [4.78, 5) is 23.1. The molecule has 0 unspecified atom stereocenters. The van der Waals surface area contributed by atoms with Crippen molar-refractivity contribution < 1.29 is 13.9 Å². The summed E-state index contributed by atoms with van der Waals surface area (Å²) in [6.45, 7) is 0.743. The van der Waals surface area contributed by atoms with Crippen LogP contribution in [0.4, 0.5) is 0 Å². The lowest BCUT2D eigenvalue weighted by Crippen LogP contribution is -2.18. The van der Waals surface area contributed by atoms with Gasteiger partial charge in [0.25, 0.3) is 0 Å². The highest BCUT2D eigenvalue weighted by Crippen LogP contribution is 2.11. The number of esters is 1. The van der Waals surface area contributed by atoms with Gasteiger partial charge in [0.1, 0.15) is 0 Å². The minimum absolute atomic E-state index is 0.127. The summed E-state index contributed by atoms with van der Waals surface area (Å²) in [5.41, 5.74) is 1.38. The van der Waals surface area contributed by atoms with E-state index in [-0.39, 0.29) is 5.69 Å². The zero-order valence-corrected chi connectivity index (χ0v) is 11.2. The summed E-state index contributed by atoms with van der Waals surface area (Å²) in [5, 5.41) is 7.51. The lowest BCUT2D eigenvalue weighted by molar-refractivity contribution is 0.0594. The highest BCUT2D eigenvalue weighted by molar-refractivity contribution is 5.86. The highest BCUT2D eigenvalue weighted by Gasteiger charge is 2.12. The highest BCUT2D eigenvalue weighted by atomic mass is 16.5. The van der Waals surface area contributed by atoms with Gasteiger partial charge in [-0.05, 0) is 12.1 Å². The molecule has 8 nitrogen and oxygen atoms in total. The van der Waals surface area contributed by atoms with E-state index in [1.807, 2.05) is 6.07 Å². The van der Waals surface area contributed by atoms with Gasteiger partial charge >= 0.3 is 11.7 Å². The van der Waals surface area contributed by atoms with Gasteiger partial charge in [0.15, 0.2) is 11.3 Å². The number of aryl methyl sites for hydroxylation is 2. The molecule has 0 atom stereocenters. The maximum atomic E-state index is 11.8. The van der Waals surface area contributed by atoms with Gasteiger partial charge < -0.3 is 9.15 Å². The molecule has 8 heteroatoms. The smallest absolute Gasteiger partial charge is 0.420 e. The molecule has 0 fully saturated rings. The lowest BCUT2D eigenvalue weighted by atomic mass is 10.3. The molecule has 0 aliphatic rings. The van der Waals surface area contributed by atoms with Crippen LogP contribution in [0.5, 0.6) is 0 Å². The minimum Gasteiger partial charge on any atom is -0.464 e. The van der Waals surface area contributed by atoms with Crippen molar-refractivity contribution in [3.8, 4) is 0 Å². The normalized spacial score (nSPS) is 10.9. The van der Waals surface area contributed by atoms with E-state index in [2.05, 4.69) is 15.0 Å². The first kappa shape index (κ1) is 13.1. The molecule has 0 spiro atoms. The fraction of sp³-hybridized carbons (Fsp3) is 0.231. The zero-order chi connectivity index (χ0) is 14.8. The van der Waals surface area contributed by atoms with E-state index in [0.29, 0.717) is 18.7 Å². The second-order valence-corrected chi connectivity index (χ2v) is 4.35. The molecule has 1 aromatic carbocycles. The van der Waals surface area contributed by atoms with Crippen LogP contribution in [-0.4, -0.2) is 32.6 Å². The minimum atomic E-state index is -0.549. The summed E-state index contributed by atoms with van der Waals surface area (Å²) in [6.07, 6.45) is 1.47. The third-order valence-electron chi connectivity index (χ3n) is 3.06. The maximum absolute atomic E-state index is 11.8. The van der Waals surface area contributed by atoms with Crippen molar-refractivity contribution in [3.63, 3.8) is 0 Å². The Morgan fingerprint density at radius 3 is 2.95 bits per heavy atom. The summed E-state index contributed by atoms with van der Waals surface area (Å²) in [5.74, 6) is -0.975. The topological polar surface area (TPSA) is 92.2 Å². The van der Waals surface area contributed by atoms with Crippen LogP contribution in [0, 0.1) is 0 Å². The van der Waals surface area contributed by atoms with Gasteiger partial charge in [-0.3, -0.25) is 4.57 Å². The molecule has 3 aromatic rings. The molecule has 0 aliphatic heterocycles. The Kier molecular flexibility index (Phi) is 3.27. The Hall–Kier alpha value is -2.90. The van der Waals surface area contributed by atoms with E-state index in [1.54, 1.807) is 18.2 Å². The molecule has 2 heterocycles. The monoisotopic (exact) mass is 288 g/mol. The number of hydrogen-bond donors (Lipinski definition) is 0. The summed E-state index contributed by atoms with van der Waals surface area (Å²) < 4.78 is 12.7. The third kappa shape index (κ3) is 2.42. The molecule has 3 rings (SSSR count). The fourth-order valence-corrected chi connectivity index (χ4v) is 2.03. The van der Waals surface area contributed by atoms with Crippen LogP contribution in [0.15, 0.2) is 39.7 Å². The number of ether oxygens (including phenoxy) is 1. The van der Waals surface area contributed by atoms with Gasteiger partial charge in [-0.1, -0.05) is 17.3 Å². The van der Waals surface area contributed by atoms with E-state index in [0.717, 1.165) is 5.52 Å². The van der Waals surface area contributed by atoms with Gasteiger partial charge in [-0.25, -0.2) is 14.3 Å². The molecule has 0 radical (unpaired) electrons. The lowest BCUT2D eigenvalue weighted by Gasteiger charge is -2.01. The number of oxazole rings is 1. The van der Waals surface area contributed by atoms with E-state index < -0.39 is 11.7 Å². The van der Waals surface area contributed by atoms with Crippen LogP contribution >= 0.6 is 0 Å². The van der Waals surface area contributed by atoms with Crippen LogP contribution in [0.1, 0.15) is 10.5 Å². The number of carbonyl (C=O) groups is 1. The summed E-state index contributed by atoms with van der Waals surface area (Å²) in [6, 6.07) is 7.17. The standard InChI is InChI=1S/C13H12N4O4/c1-20-12(18)9-8-16(15-14-9)6-7-17-10-4-2-3-5-11(10)21-13(17)19/h2-5,8H,6-7H2,1H3. The average molecular weight is 288 g/mol. The van der Waals surface area contributed by atoms with Gasteiger partial charge in [0, 0.05) is 6.54 Å². The Labute approximate surface area is 118 Å². The number of aromatic nitrogens is 4. The van der Waals surface area contributed by atoms with Crippen molar-refractivity contribution >= 4 is 17.1 Å². The number of para-hydroxylation sites is 2. The molecule has 108 valence electrons. The van der Waals surface area contributed by atoms with Crippen molar-refractivity contribution in [2.45, 2.75) is 13.1 Å². The second-order valence-electron chi connectivity index (χ2n) is 4.35. The molecule has 0 aliphatic carbocycles. The maximum Gasteiger partial charge on any atom is 0.420 e. The van der Waals surface area contributed by atoms with Crippen LogP contribution in [0.25, 0.3) is 11.1 Å². The van der Waals surface area contributed by atoms with Gasteiger partial charge in [0.2, 0.25) is 0 Å². The van der Waals surface area contributed by atoms with E-state index >= 15 is 0 Å². The van der Waals surface area contributed by atoms with Gasteiger partial charge in [-0.15, -0.1) is 5.10 Å². The SMILES string of the molecule is COC(=O)c1cn(CCn2c(=O)oc3ccccc32)nn1. The van der Waals surface area contributed by atoms with Crippen molar-refractivity contribution in [2.75, 3.05) is 7.11 Å². The van der Waals surface area contributed by atoms with Crippen LogP contribution < -0.4 is 5.76 Å². The molecule has 0 N–H and O–H groups in total. The number of carbonyl (C=O) groups excluding carboxylic acids is 1. The van der Waals surface area contributed by atoms with E-state index in [4.69, 9.17) is 4.42 Å². The molecule has 0 amide bonds. The zero-order valence-electron chi connectivity index (χ0n) is 11.2. The average Bonchev–Trinajstić information content (AvgIpc) is 3.08. The van der Waals surface area contributed by atoms with Gasteiger partial charge in [-0.2, -0.15) is 0 Å². The first-order valence-electron chi connectivity index (χ1n) is 6.26. The Morgan fingerprint density at radius 1 is 1.33 bits per heavy atom. The molecule has 2 aromatic heterocycles. The number of nitrogens with zero attached hydrogens (tertiary/aromatic N) is 4. The van der Waals surface area contributed by atoms with Crippen LogP contribution in [0.2, 0.25) is 0 Å². The van der Waals surface area contributed by atoms with Crippen molar-refractivity contribution in [2.24, 2.45) is 0 Å². The van der Waals surface area contributed by atoms with Crippen molar-refractivity contribution in [1.82, 2.24) is 19.6 Å². The van der Waals surface area contributed by atoms with Crippen LogP contribution in [0.3, 0.4) is 0 Å². The molecule has 0 bridgehead atoms. The van der Waals surface area contributed by atoms with Crippen molar-refractivity contribution in [1.29, 1.82) is 0 Å². The first-order valence-corrected chi connectivity index (χ1v) is 6.26. The predicted octanol–water partition coefficient (Wildman–Crippen LogP) is 0.673. The first-order chi connectivity index (χ1) is 10.2. The predicted molar refractivity (Wildman–Crippen MR) is 71.8 cm³/mol. The Bertz CT molecular complexity index is 845. The number of fused-ring (bicyclic) bond motifs is 1. The van der Waals surface area contributed by atoms with E-state index in [1.165, 1.54) is 22.6 Å². The number of hydrogen-bond acceptors (Lipinski definition) is 6. The summed E-state index contributed by atoms with van der Waals surface area (Å²) in [7, 11) is 1.28. The Balaban J connectivity index is 1.80. The number of methoxy groups -OCH3 is 1. The molecule has 0 saturated carbocycles. The molecular formula is C13H12N4O4.